The van der Waals surface area contributed by atoms with Crippen molar-refractivity contribution in [3.05, 3.63) is 12.2 Å². The number of carboxylic acid groups (broad SMARTS) is 1. The van der Waals surface area contributed by atoms with Crippen LogP contribution in [0, 0.1) is 30.1 Å². The summed E-state index contributed by atoms with van der Waals surface area (Å²) in [6, 6.07) is 0. The van der Waals surface area contributed by atoms with Gasteiger partial charge in [-0.1, -0.05) is 140 Å². The third-order valence-corrected chi connectivity index (χ3v) is 6.81. The Balaban J connectivity index is 3.25. The number of unbranched alkanes of at least 4 members (excludes halogenated alkanes) is 17. The molecule has 0 spiro atoms. The van der Waals surface area contributed by atoms with E-state index in [1.54, 1.807) is 6.08 Å². The van der Waals surface area contributed by atoms with Gasteiger partial charge in [-0.25, -0.2) is 4.79 Å². The first-order valence-corrected chi connectivity index (χ1v) is 14.6. The van der Waals surface area contributed by atoms with Crippen LogP contribution >= 0.6 is 0 Å². The number of aliphatic hydroxyl groups excluding tert-OH is 1. The minimum atomic E-state index is -1.07. The minimum absolute atomic E-state index is 0.542. The van der Waals surface area contributed by atoms with Crippen molar-refractivity contribution in [3.8, 4) is 24.2 Å². The van der Waals surface area contributed by atoms with E-state index in [0.29, 0.717) is 0 Å². The fourth-order valence-electron chi connectivity index (χ4n) is 4.53. The fraction of sp³-hybridized carbons (Fsp3) is 0.781. The lowest BCUT2D eigenvalue weighted by Gasteiger charge is -2.11. The molecule has 0 bridgehead atoms. The summed E-state index contributed by atoms with van der Waals surface area (Å²) in [5.41, 5.74) is 0. The molecule has 0 aliphatic rings. The van der Waals surface area contributed by atoms with E-state index in [2.05, 4.69) is 24.7 Å². The molecule has 3 nitrogen and oxygen atoms in total. The zero-order valence-corrected chi connectivity index (χ0v) is 22.7. The Bertz CT molecular complexity index is 605. The number of allylic oxidation sites excluding steroid dienone is 2. The van der Waals surface area contributed by atoms with Crippen molar-refractivity contribution in [2.45, 2.75) is 154 Å². The van der Waals surface area contributed by atoms with Gasteiger partial charge in [0.25, 0.3) is 0 Å². The van der Waals surface area contributed by atoms with Crippen molar-refractivity contribution in [2.75, 3.05) is 0 Å². The van der Waals surface area contributed by atoms with Gasteiger partial charge in [-0.05, 0) is 37.7 Å². The molecule has 0 radical (unpaired) electrons. The van der Waals surface area contributed by atoms with Crippen molar-refractivity contribution < 1.29 is 15.0 Å². The summed E-state index contributed by atoms with van der Waals surface area (Å²) in [6.45, 7) is 2.43. The molecule has 0 rings (SSSR count). The predicted octanol–water partition coefficient (Wildman–Crippen LogP) is 8.84. The summed E-state index contributed by atoms with van der Waals surface area (Å²) in [6.07, 6.45) is 36.6. The Labute approximate surface area is 217 Å². The minimum Gasteiger partial charge on any atom is -0.472 e. The lowest BCUT2D eigenvalue weighted by molar-refractivity contribution is -0.130. The number of terminal acetylenes is 1. The van der Waals surface area contributed by atoms with Crippen molar-refractivity contribution >= 4 is 5.97 Å². The number of aliphatic carboxylic acids is 1. The molecule has 0 unspecified atom stereocenters. The Morgan fingerprint density at radius 3 is 1.54 bits per heavy atom. The second-order valence-electron chi connectivity index (χ2n) is 10.3. The summed E-state index contributed by atoms with van der Waals surface area (Å²) in [7, 11) is 0. The quantitative estimate of drug-likeness (QED) is 0.106. The number of carboxylic acids is 1. The van der Waals surface area contributed by atoms with E-state index in [1.165, 1.54) is 122 Å². The van der Waals surface area contributed by atoms with Gasteiger partial charge in [0.2, 0.25) is 0 Å². The van der Waals surface area contributed by atoms with Crippen molar-refractivity contribution in [2.24, 2.45) is 5.92 Å². The molecule has 0 aliphatic heterocycles. The maximum atomic E-state index is 10.3. The lowest BCUT2D eigenvalue weighted by atomic mass is 9.95. The van der Waals surface area contributed by atoms with Crippen molar-refractivity contribution in [1.29, 1.82) is 0 Å². The summed E-state index contributed by atoms with van der Waals surface area (Å²) in [5, 5.41) is 17.7. The van der Waals surface area contributed by atoms with Gasteiger partial charge in [-0.3, -0.25) is 0 Å². The van der Waals surface area contributed by atoms with E-state index in [-0.39, 0.29) is 0 Å². The molecule has 0 amide bonds. The Hall–Kier alpha value is -1.71. The standard InChI is InChI=1S/C32H54O3/c1-3-31(33)28-24-20-16-13-12-15-19-23-27-30(2)26-22-18-14-10-8-6-4-5-7-9-11-17-21-25-29-32(34)35/h1,17,21,30-31,33H,4-16,18-20,22-24,26-28H2,2H3,(H,34,35)/b21-17-/t30-,31+/m1/s1. The molecule has 200 valence electrons. The Kier molecular flexibility index (Phi) is 25.6. The summed E-state index contributed by atoms with van der Waals surface area (Å²) < 4.78 is 0. The SMILES string of the molecule is C#C[C@H](O)CCCCCCCCCC[C@H](C)CCCCCCCCCCCC/C=C\C#CC(=O)O. The highest BCUT2D eigenvalue weighted by Gasteiger charge is 2.03. The van der Waals surface area contributed by atoms with Crippen LogP contribution in [0.4, 0.5) is 0 Å². The molecular formula is C32H54O3. The third kappa shape index (κ3) is 28.4. The zero-order valence-electron chi connectivity index (χ0n) is 22.7. The molecule has 0 heterocycles. The fourth-order valence-corrected chi connectivity index (χ4v) is 4.53. The van der Waals surface area contributed by atoms with E-state index < -0.39 is 12.1 Å². The average Bonchev–Trinajstić information content (AvgIpc) is 2.84. The maximum absolute atomic E-state index is 10.3. The van der Waals surface area contributed by atoms with E-state index in [1.807, 2.05) is 6.08 Å². The number of aliphatic hydroxyl groups is 1. The first-order valence-electron chi connectivity index (χ1n) is 14.6. The van der Waals surface area contributed by atoms with Gasteiger partial charge in [-0.15, -0.1) is 6.42 Å². The molecule has 3 heteroatoms. The monoisotopic (exact) mass is 486 g/mol. The highest BCUT2D eigenvalue weighted by molar-refractivity contribution is 5.86. The number of hydrogen-bond acceptors (Lipinski definition) is 2. The van der Waals surface area contributed by atoms with E-state index in [4.69, 9.17) is 11.5 Å². The Morgan fingerprint density at radius 1 is 0.714 bits per heavy atom. The first-order chi connectivity index (χ1) is 17.1. The molecule has 2 N–H and O–H groups in total. The van der Waals surface area contributed by atoms with E-state index in [0.717, 1.165) is 25.2 Å². The predicted molar refractivity (Wildman–Crippen MR) is 150 cm³/mol. The van der Waals surface area contributed by atoms with Gasteiger partial charge in [0.1, 0.15) is 6.10 Å². The summed E-state index contributed by atoms with van der Waals surface area (Å²) >= 11 is 0. The van der Waals surface area contributed by atoms with Crippen molar-refractivity contribution in [1.82, 2.24) is 0 Å². The molecule has 35 heavy (non-hydrogen) atoms. The van der Waals surface area contributed by atoms with Crippen LogP contribution in [0.5, 0.6) is 0 Å². The van der Waals surface area contributed by atoms with Crippen molar-refractivity contribution in [3.63, 3.8) is 0 Å². The van der Waals surface area contributed by atoms with Gasteiger partial charge in [-0.2, -0.15) is 0 Å². The van der Waals surface area contributed by atoms with Gasteiger partial charge in [0, 0.05) is 5.92 Å². The largest absolute Gasteiger partial charge is 0.472 e. The second-order valence-corrected chi connectivity index (χ2v) is 10.3. The van der Waals surface area contributed by atoms with Crippen LogP contribution in [0.2, 0.25) is 0 Å². The van der Waals surface area contributed by atoms with Crippen LogP contribution in [0.3, 0.4) is 0 Å². The normalized spacial score (nSPS) is 12.7. The number of rotatable bonds is 24. The smallest absolute Gasteiger partial charge is 0.382 e. The van der Waals surface area contributed by atoms with Gasteiger partial charge >= 0.3 is 5.97 Å². The molecule has 0 aliphatic carbocycles. The van der Waals surface area contributed by atoms with Gasteiger partial charge < -0.3 is 10.2 Å². The van der Waals surface area contributed by atoms with Gasteiger partial charge in [0.15, 0.2) is 0 Å². The van der Waals surface area contributed by atoms with Crippen LogP contribution in [0.1, 0.15) is 148 Å². The molecule has 0 fully saturated rings. The van der Waals surface area contributed by atoms with Crippen LogP contribution in [-0.2, 0) is 4.79 Å². The highest BCUT2D eigenvalue weighted by Crippen LogP contribution is 2.19. The van der Waals surface area contributed by atoms with Crippen LogP contribution in [0.15, 0.2) is 12.2 Å². The summed E-state index contributed by atoms with van der Waals surface area (Å²) in [4.78, 5) is 10.3. The van der Waals surface area contributed by atoms with E-state index >= 15 is 0 Å². The maximum Gasteiger partial charge on any atom is 0.382 e. The summed E-state index contributed by atoms with van der Waals surface area (Å²) in [5.74, 6) is 6.80. The molecule has 0 aromatic carbocycles. The highest BCUT2D eigenvalue weighted by atomic mass is 16.4. The lowest BCUT2D eigenvalue weighted by Crippen LogP contribution is -2.01. The molecule has 0 aromatic rings. The first kappa shape index (κ1) is 33.3. The molecule has 2 atom stereocenters. The zero-order chi connectivity index (χ0) is 25.8. The topological polar surface area (TPSA) is 57.5 Å². The third-order valence-electron chi connectivity index (χ3n) is 6.81. The second kappa shape index (κ2) is 26.9. The molecule has 0 saturated carbocycles. The van der Waals surface area contributed by atoms with Crippen LogP contribution in [-0.4, -0.2) is 22.3 Å². The number of hydrogen-bond donors (Lipinski definition) is 2. The van der Waals surface area contributed by atoms with Crippen LogP contribution < -0.4 is 0 Å². The van der Waals surface area contributed by atoms with E-state index in [9.17, 15) is 9.90 Å². The van der Waals surface area contributed by atoms with Crippen LogP contribution in [0.25, 0.3) is 0 Å². The molecular weight excluding hydrogens is 432 g/mol. The Morgan fingerprint density at radius 2 is 1.11 bits per heavy atom. The molecule has 0 saturated heterocycles. The number of carbonyl (C=O) groups is 1. The molecule has 0 aromatic heterocycles. The average molecular weight is 487 g/mol. The van der Waals surface area contributed by atoms with Gasteiger partial charge in [0.05, 0.1) is 0 Å².